The lowest BCUT2D eigenvalue weighted by Crippen LogP contribution is -2.29. The lowest BCUT2D eigenvalue weighted by Gasteiger charge is -2.23. The molecule has 0 saturated carbocycles. The molecule has 1 N–H and O–H groups in total. The predicted octanol–water partition coefficient (Wildman–Crippen LogP) is 6.14. The van der Waals surface area contributed by atoms with E-state index in [1.165, 1.54) is 16.2 Å². The number of aryl methyl sites for hydroxylation is 1. The Labute approximate surface area is 199 Å². The molecule has 4 aromatic rings. The molecule has 0 radical (unpaired) electrons. The van der Waals surface area contributed by atoms with Crippen LogP contribution in [-0.4, -0.2) is 21.8 Å². The minimum absolute atomic E-state index is 0.0297. The van der Waals surface area contributed by atoms with Crippen LogP contribution in [-0.2, 0) is 16.0 Å². The maximum absolute atomic E-state index is 13.3. The smallest absolute Gasteiger partial charge is 0.301 e. The van der Waals surface area contributed by atoms with E-state index in [0.29, 0.717) is 21.3 Å². The van der Waals surface area contributed by atoms with E-state index in [2.05, 4.69) is 11.9 Å². The van der Waals surface area contributed by atoms with Gasteiger partial charge in [0.05, 0.1) is 21.8 Å². The number of aliphatic hydroxyl groups excluding tert-OH is 1. The lowest BCUT2D eigenvalue weighted by atomic mass is 9.95. The van der Waals surface area contributed by atoms with E-state index in [1.807, 2.05) is 24.3 Å². The van der Waals surface area contributed by atoms with Gasteiger partial charge in [0.2, 0.25) is 0 Å². The molecule has 1 fully saturated rings. The van der Waals surface area contributed by atoms with Crippen LogP contribution >= 0.6 is 22.9 Å². The number of hydrogen-bond acceptors (Lipinski definition) is 5. The second kappa shape index (κ2) is 8.46. The molecule has 1 aromatic heterocycles. The first-order valence-corrected chi connectivity index (χ1v) is 11.7. The first-order valence-electron chi connectivity index (χ1n) is 10.5. The van der Waals surface area contributed by atoms with Crippen molar-refractivity contribution in [3.63, 3.8) is 0 Å². The van der Waals surface area contributed by atoms with Crippen molar-refractivity contribution in [1.29, 1.82) is 0 Å². The summed E-state index contributed by atoms with van der Waals surface area (Å²) in [6.45, 7) is 2.08. The highest BCUT2D eigenvalue weighted by Crippen LogP contribution is 2.44. The Morgan fingerprint density at radius 1 is 1.06 bits per heavy atom. The van der Waals surface area contributed by atoms with E-state index in [0.717, 1.165) is 22.2 Å². The molecule has 7 heteroatoms. The number of hydrogen-bond donors (Lipinski definition) is 1. The molecule has 3 aromatic carbocycles. The minimum Gasteiger partial charge on any atom is -0.507 e. The summed E-state index contributed by atoms with van der Waals surface area (Å²) in [5.41, 5.74) is 3.07. The number of anilines is 1. The van der Waals surface area contributed by atoms with Gasteiger partial charge in [0.1, 0.15) is 5.76 Å². The van der Waals surface area contributed by atoms with Crippen molar-refractivity contribution < 1.29 is 14.7 Å². The second-order valence-electron chi connectivity index (χ2n) is 7.74. The van der Waals surface area contributed by atoms with Gasteiger partial charge in [-0.1, -0.05) is 78.4 Å². The number of rotatable bonds is 4. The molecule has 1 atom stereocenters. The molecular weight excluding hydrogens is 456 g/mol. The van der Waals surface area contributed by atoms with Crippen molar-refractivity contribution in [3.8, 4) is 0 Å². The molecule has 0 spiro atoms. The van der Waals surface area contributed by atoms with Crippen LogP contribution in [0.15, 0.2) is 78.4 Å². The highest BCUT2D eigenvalue weighted by molar-refractivity contribution is 7.22. The van der Waals surface area contributed by atoms with Crippen LogP contribution < -0.4 is 4.90 Å². The van der Waals surface area contributed by atoms with E-state index < -0.39 is 17.7 Å². The molecular formula is C26H19ClN2O3S. The molecule has 164 valence electrons. The van der Waals surface area contributed by atoms with E-state index in [9.17, 15) is 14.7 Å². The van der Waals surface area contributed by atoms with Crippen molar-refractivity contribution in [2.75, 3.05) is 4.90 Å². The van der Waals surface area contributed by atoms with Gasteiger partial charge in [-0.25, -0.2) is 4.98 Å². The number of halogens is 1. The van der Waals surface area contributed by atoms with Gasteiger partial charge >= 0.3 is 5.91 Å². The number of ketones is 1. The Balaban J connectivity index is 1.72. The van der Waals surface area contributed by atoms with Gasteiger partial charge in [0.25, 0.3) is 5.78 Å². The summed E-state index contributed by atoms with van der Waals surface area (Å²) in [5, 5.41) is 12.0. The van der Waals surface area contributed by atoms with Crippen molar-refractivity contribution >= 4 is 55.7 Å². The molecule has 0 bridgehead atoms. The van der Waals surface area contributed by atoms with E-state index in [-0.39, 0.29) is 11.3 Å². The zero-order valence-corrected chi connectivity index (χ0v) is 19.2. The fraction of sp³-hybridized carbons (Fsp3) is 0.115. The topological polar surface area (TPSA) is 70.5 Å². The molecule has 5 nitrogen and oxygen atoms in total. The zero-order chi connectivity index (χ0) is 23.1. The fourth-order valence-corrected chi connectivity index (χ4v) is 5.20. The average molecular weight is 475 g/mol. The quantitative estimate of drug-likeness (QED) is 0.219. The number of aliphatic hydroxyl groups is 1. The largest absolute Gasteiger partial charge is 0.507 e. The first kappa shape index (κ1) is 21.4. The van der Waals surface area contributed by atoms with Crippen LogP contribution in [0, 0.1) is 0 Å². The number of carbonyl (C=O) groups excluding carboxylic acids is 2. The zero-order valence-electron chi connectivity index (χ0n) is 17.7. The predicted molar refractivity (Wildman–Crippen MR) is 132 cm³/mol. The first-order chi connectivity index (χ1) is 16.0. The lowest BCUT2D eigenvalue weighted by molar-refractivity contribution is -0.132. The van der Waals surface area contributed by atoms with Crippen molar-refractivity contribution in [2.24, 2.45) is 0 Å². The summed E-state index contributed by atoms with van der Waals surface area (Å²) in [4.78, 5) is 32.5. The maximum atomic E-state index is 13.3. The number of aromatic nitrogens is 1. The van der Waals surface area contributed by atoms with Crippen LogP contribution in [0.1, 0.15) is 29.7 Å². The fourth-order valence-electron chi connectivity index (χ4n) is 4.02. The number of fused-ring (bicyclic) bond motifs is 1. The molecule has 0 aliphatic carbocycles. The number of nitrogens with zero attached hydrogens (tertiary/aromatic N) is 2. The van der Waals surface area contributed by atoms with Crippen LogP contribution in [0.25, 0.3) is 16.0 Å². The third-order valence-corrected chi connectivity index (χ3v) is 7.00. The normalized spacial score (nSPS) is 17.8. The summed E-state index contributed by atoms with van der Waals surface area (Å²) in [5.74, 6) is -1.68. The highest BCUT2D eigenvalue weighted by Gasteiger charge is 2.48. The van der Waals surface area contributed by atoms with Gasteiger partial charge in [-0.15, -0.1) is 0 Å². The van der Waals surface area contributed by atoms with E-state index in [1.54, 1.807) is 48.5 Å². The minimum atomic E-state index is -0.825. The number of carbonyl (C=O) groups is 2. The Kier molecular flexibility index (Phi) is 5.48. The molecule has 2 heterocycles. The Morgan fingerprint density at radius 3 is 2.48 bits per heavy atom. The SMILES string of the molecule is CCc1ccc2nc(N3C(=O)C(=O)/C(=C(/O)c4ccccc4)C3c3ccc(Cl)cc3)sc2c1. The Bertz CT molecular complexity index is 1410. The van der Waals surface area contributed by atoms with Crippen molar-refractivity contribution in [2.45, 2.75) is 19.4 Å². The number of amides is 1. The van der Waals surface area contributed by atoms with E-state index >= 15 is 0 Å². The molecule has 1 saturated heterocycles. The van der Waals surface area contributed by atoms with Gasteiger partial charge in [0.15, 0.2) is 5.13 Å². The number of benzene rings is 3. The van der Waals surface area contributed by atoms with Gasteiger partial charge in [-0.3, -0.25) is 14.5 Å². The van der Waals surface area contributed by atoms with Crippen LogP contribution in [0.3, 0.4) is 0 Å². The number of thiazole rings is 1. The molecule has 1 amide bonds. The standard InChI is InChI=1S/C26H19ClN2O3S/c1-2-15-8-13-19-20(14-15)33-26(28-19)29-22(16-9-11-18(27)12-10-16)21(24(31)25(29)32)23(30)17-6-4-3-5-7-17/h3-14,22,30H,2H2,1H3/b23-21+. The van der Waals surface area contributed by atoms with Gasteiger partial charge in [0, 0.05) is 10.6 Å². The molecule has 5 rings (SSSR count). The average Bonchev–Trinajstić information content (AvgIpc) is 3.37. The van der Waals surface area contributed by atoms with Gasteiger partial charge < -0.3 is 5.11 Å². The molecule has 1 unspecified atom stereocenters. The summed E-state index contributed by atoms with van der Waals surface area (Å²) in [6.07, 6.45) is 0.884. The summed E-state index contributed by atoms with van der Waals surface area (Å²) < 4.78 is 0.934. The Morgan fingerprint density at radius 2 is 1.79 bits per heavy atom. The monoisotopic (exact) mass is 474 g/mol. The Hall–Kier alpha value is -3.48. The van der Waals surface area contributed by atoms with E-state index in [4.69, 9.17) is 11.6 Å². The summed E-state index contributed by atoms with van der Waals surface area (Å²) in [6, 6.07) is 20.8. The molecule has 1 aliphatic heterocycles. The molecule has 1 aliphatic rings. The highest BCUT2D eigenvalue weighted by atomic mass is 35.5. The van der Waals surface area contributed by atoms with Crippen LogP contribution in [0.2, 0.25) is 5.02 Å². The van der Waals surface area contributed by atoms with Crippen molar-refractivity contribution in [1.82, 2.24) is 4.98 Å². The third kappa shape index (κ3) is 3.71. The maximum Gasteiger partial charge on any atom is 0.301 e. The van der Waals surface area contributed by atoms with Crippen LogP contribution in [0.5, 0.6) is 0 Å². The summed E-state index contributed by atoms with van der Waals surface area (Å²) in [7, 11) is 0. The third-order valence-electron chi connectivity index (χ3n) is 5.73. The second-order valence-corrected chi connectivity index (χ2v) is 9.18. The van der Waals surface area contributed by atoms with Gasteiger partial charge in [-0.2, -0.15) is 0 Å². The number of Topliss-reactive ketones (excluding diaryl/α,β-unsaturated/α-hetero) is 1. The van der Waals surface area contributed by atoms with Crippen molar-refractivity contribution in [3.05, 3.63) is 100 Å². The summed E-state index contributed by atoms with van der Waals surface area (Å²) >= 11 is 7.44. The van der Waals surface area contributed by atoms with Crippen LogP contribution in [0.4, 0.5) is 5.13 Å². The molecule has 33 heavy (non-hydrogen) atoms. The van der Waals surface area contributed by atoms with Gasteiger partial charge in [-0.05, 0) is 41.8 Å².